The van der Waals surface area contributed by atoms with Gasteiger partial charge >= 0.3 is 0 Å². The van der Waals surface area contributed by atoms with E-state index in [1.54, 1.807) is 0 Å². The first kappa shape index (κ1) is 10.7. The number of halogens is 1. The maximum absolute atomic E-state index is 4.22. The minimum atomic E-state index is 0.878. The van der Waals surface area contributed by atoms with Crippen LogP contribution >= 0.6 is 15.9 Å². The zero-order valence-electron chi connectivity index (χ0n) is 7.67. The van der Waals surface area contributed by atoms with Crippen molar-refractivity contribution >= 4 is 15.9 Å². The van der Waals surface area contributed by atoms with Crippen LogP contribution in [-0.2, 0) is 6.54 Å². The van der Waals surface area contributed by atoms with Gasteiger partial charge in [-0.3, -0.25) is 4.98 Å². The highest BCUT2D eigenvalue weighted by molar-refractivity contribution is 9.09. The van der Waals surface area contributed by atoms with Crippen molar-refractivity contribution in [3.63, 3.8) is 0 Å². The van der Waals surface area contributed by atoms with Gasteiger partial charge in [-0.1, -0.05) is 22.0 Å². The first-order valence-corrected chi connectivity index (χ1v) is 5.72. The SMILES string of the molecule is BrCCCCNCc1ccccn1. The number of hydrogen-bond acceptors (Lipinski definition) is 2. The van der Waals surface area contributed by atoms with Crippen molar-refractivity contribution in [2.75, 3.05) is 11.9 Å². The molecule has 0 saturated heterocycles. The minimum Gasteiger partial charge on any atom is -0.311 e. The number of nitrogens with zero attached hydrogens (tertiary/aromatic N) is 1. The fourth-order valence-corrected chi connectivity index (χ4v) is 1.46. The second-order valence-electron chi connectivity index (χ2n) is 2.89. The van der Waals surface area contributed by atoms with Gasteiger partial charge in [0.05, 0.1) is 5.69 Å². The third kappa shape index (κ3) is 5.01. The van der Waals surface area contributed by atoms with Crippen molar-refractivity contribution in [1.29, 1.82) is 0 Å². The Morgan fingerprint density at radius 2 is 2.23 bits per heavy atom. The number of aromatic nitrogens is 1. The summed E-state index contributed by atoms with van der Waals surface area (Å²) >= 11 is 3.41. The second-order valence-corrected chi connectivity index (χ2v) is 3.69. The molecule has 0 aromatic carbocycles. The summed E-state index contributed by atoms with van der Waals surface area (Å²) in [7, 11) is 0. The molecule has 0 unspecified atom stereocenters. The van der Waals surface area contributed by atoms with Crippen molar-refractivity contribution in [2.45, 2.75) is 19.4 Å². The quantitative estimate of drug-likeness (QED) is 0.612. The monoisotopic (exact) mass is 242 g/mol. The zero-order chi connectivity index (χ0) is 9.36. The summed E-state index contributed by atoms with van der Waals surface area (Å²) in [6.07, 6.45) is 4.28. The van der Waals surface area contributed by atoms with Crippen molar-refractivity contribution in [1.82, 2.24) is 10.3 Å². The maximum Gasteiger partial charge on any atom is 0.0541 e. The predicted octanol–water partition coefficient (Wildman–Crippen LogP) is 2.35. The van der Waals surface area contributed by atoms with Crippen LogP contribution in [0.15, 0.2) is 24.4 Å². The van der Waals surface area contributed by atoms with Crippen LogP contribution in [-0.4, -0.2) is 16.9 Å². The van der Waals surface area contributed by atoms with Crippen LogP contribution in [0, 0.1) is 0 Å². The van der Waals surface area contributed by atoms with Crippen molar-refractivity contribution in [2.24, 2.45) is 0 Å². The lowest BCUT2D eigenvalue weighted by molar-refractivity contribution is 0.636. The number of pyridine rings is 1. The van der Waals surface area contributed by atoms with E-state index in [2.05, 4.69) is 26.2 Å². The molecule has 72 valence electrons. The van der Waals surface area contributed by atoms with Gasteiger partial charge in [-0.15, -0.1) is 0 Å². The van der Waals surface area contributed by atoms with Crippen LogP contribution in [0.3, 0.4) is 0 Å². The van der Waals surface area contributed by atoms with Crippen LogP contribution in [0.25, 0.3) is 0 Å². The van der Waals surface area contributed by atoms with Crippen LogP contribution in [0.5, 0.6) is 0 Å². The molecule has 0 aliphatic carbocycles. The smallest absolute Gasteiger partial charge is 0.0541 e. The zero-order valence-corrected chi connectivity index (χ0v) is 9.26. The molecular formula is C10H15BrN2. The Morgan fingerprint density at radius 1 is 1.31 bits per heavy atom. The van der Waals surface area contributed by atoms with Gasteiger partial charge in [-0.2, -0.15) is 0 Å². The molecule has 0 aliphatic rings. The molecule has 0 aliphatic heterocycles. The Kier molecular flexibility index (Phi) is 5.78. The van der Waals surface area contributed by atoms with E-state index in [9.17, 15) is 0 Å². The van der Waals surface area contributed by atoms with Crippen molar-refractivity contribution in [3.05, 3.63) is 30.1 Å². The van der Waals surface area contributed by atoms with Gasteiger partial charge in [0.1, 0.15) is 0 Å². The molecule has 0 amide bonds. The average molecular weight is 243 g/mol. The van der Waals surface area contributed by atoms with Crippen molar-refractivity contribution < 1.29 is 0 Å². The summed E-state index contributed by atoms with van der Waals surface area (Å²) in [4.78, 5) is 4.22. The van der Waals surface area contributed by atoms with E-state index in [0.29, 0.717) is 0 Å². The summed E-state index contributed by atoms with van der Waals surface area (Å²) in [5.74, 6) is 0. The van der Waals surface area contributed by atoms with E-state index >= 15 is 0 Å². The Balaban J connectivity index is 2.07. The lowest BCUT2D eigenvalue weighted by Gasteiger charge is -2.02. The number of hydrogen-bond donors (Lipinski definition) is 1. The third-order valence-corrected chi connectivity index (χ3v) is 2.33. The minimum absolute atomic E-state index is 0.878. The molecule has 0 radical (unpaired) electrons. The summed E-state index contributed by atoms with van der Waals surface area (Å²) < 4.78 is 0. The highest BCUT2D eigenvalue weighted by Crippen LogP contribution is 1.94. The highest BCUT2D eigenvalue weighted by Gasteiger charge is 1.91. The molecule has 13 heavy (non-hydrogen) atoms. The van der Waals surface area contributed by atoms with Crippen molar-refractivity contribution in [3.8, 4) is 0 Å². The Morgan fingerprint density at radius 3 is 2.92 bits per heavy atom. The molecule has 0 fully saturated rings. The first-order valence-electron chi connectivity index (χ1n) is 4.60. The molecule has 0 atom stereocenters. The van der Waals surface area contributed by atoms with E-state index in [0.717, 1.165) is 24.1 Å². The first-order chi connectivity index (χ1) is 6.43. The summed E-state index contributed by atoms with van der Waals surface area (Å²) in [5.41, 5.74) is 1.11. The molecule has 1 rings (SSSR count). The summed E-state index contributed by atoms with van der Waals surface area (Å²) in [6, 6.07) is 5.99. The van der Waals surface area contributed by atoms with Gasteiger partial charge in [-0.05, 0) is 31.5 Å². The molecule has 1 aromatic rings. The topological polar surface area (TPSA) is 24.9 Å². The lowest BCUT2D eigenvalue weighted by atomic mass is 10.3. The Bertz CT molecular complexity index is 213. The average Bonchev–Trinajstić information content (AvgIpc) is 2.19. The normalized spacial score (nSPS) is 10.2. The maximum atomic E-state index is 4.22. The fourth-order valence-electron chi connectivity index (χ4n) is 1.06. The summed E-state index contributed by atoms with van der Waals surface area (Å²) in [6.45, 7) is 1.95. The van der Waals surface area contributed by atoms with Crippen LogP contribution in [0.4, 0.5) is 0 Å². The van der Waals surface area contributed by atoms with Gasteiger partial charge in [0, 0.05) is 18.1 Å². The third-order valence-electron chi connectivity index (χ3n) is 1.77. The van der Waals surface area contributed by atoms with Crippen LogP contribution < -0.4 is 5.32 Å². The van der Waals surface area contributed by atoms with Crippen LogP contribution in [0.1, 0.15) is 18.5 Å². The lowest BCUT2D eigenvalue weighted by Crippen LogP contribution is -2.15. The fraction of sp³-hybridized carbons (Fsp3) is 0.500. The van der Waals surface area contributed by atoms with Gasteiger partial charge in [0.15, 0.2) is 0 Å². The molecule has 0 saturated carbocycles. The molecule has 1 heterocycles. The molecule has 2 nitrogen and oxygen atoms in total. The highest BCUT2D eigenvalue weighted by atomic mass is 79.9. The molecular weight excluding hydrogens is 228 g/mol. The molecule has 0 spiro atoms. The Labute approximate surface area is 87.9 Å². The van der Waals surface area contributed by atoms with E-state index in [-0.39, 0.29) is 0 Å². The number of nitrogens with one attached hydrogen (secondary N) is 1. The molecule has 1 aromatic heterocycles. The van der Waals surface area contributed by atoms with E-state index in [1.807, 2.05) is 24.4 Å². The molecule has 1 N–H and O–H groups in total. The van der Waals surface area contributed by atoms with Gasteiger partial charge in [-0.25, -0.2) is 0 Å². The van der Waals surface area contributed by atoms with Gasteiger partial charge in [0.25, 0.3) is 0 Å². The molecule has 0 bridgehead atoms. The van der Waals surface area contributed by atoms with Gasteiger partial charge in [0.2, 0.25) is 0 Å². The number of alkyl halides is 1. The van der Waals surface area contributed by atoms with E-state index < -0.39 is 0 Å². The molecule has 3 heteroatoms. The largest absolute Gasteiger partial charge is 0.311 e. The van der Waals surface area contributed by atoms with E-state index in [4.69, 9.17) is 0 Å². The Hall–Kier alpha value is -0.410. The second kappa shape index (κ2) is 7.04. The van der Waals surface area contributed by atoms with E-state index in [1.165, 1.54) is 12.8 Å². The summed E-state index contributed by atoms with van der Waals surface area (Å²) in [5, 5.41) is 4.45. The predicted molar refractivity (Wildman–Crippen MR) is 59.0 cm³/mol. The van der Waals surface area contributed by atoms with Crippen LogP contribution in [0.2, 0.25) is 0 Å². The number of rotatable bonds is 6. The van der Waals surface area contributed by atoms with Gasteiger partial charge < -0.3 is 5.32 Å². The number of unbranched alkanes of at least 4 members (excludes halogenated alkanes) is 1. The standard InChI is InChI=1S/C10H15BrN2/c11-6-2-4-7-12-9-10-5-1-3-8-13-10/h1,3,5,8,12H,2,4,6-7,9H2.